The molecule has 0 atom stereocenters. The number of hydrogen-bond donors (Lipinski definition) is 0. The Kier molecular flexibility index (Phi) is 5.89. The van der Waals surface area contributed by atoms with E-state index in [9.17, 15) is 0 Å². The number of hydrogen-bond acceptors (Lipinski definition) is 2. The zero-order valence-corrected chi connectivity index (χ0v) is 15.1. The summed E-state index contributed by atoms with van der Waals surface area (Å²) >= 11 is 0. The summed E-state index contributed by atoms with van der Waals surface area (Å²) in [5.74, 6) is 1.56. The van der Waals surface area contributed by atoms with Gasteiger partial charge in [0.05, 0.1) is 19.8 Å². The van der Waals surface area contributed by atoms with E-state index in [1.165, 1.54) is 0 Å². The van der Waals surface area contributed by atoms with Crippen molar-refractivity contribution < 1.29 is 9.47 Å². The van der Waals surface area contributed by atoms with Gasteiger partial charge in [0.1, 0.15) is 11.5 Å². The summed E-state index contributed by atoms with van der Waals surface area (Å²) in [6.07, 6.45) is 8.22. The van der Waals surface area contributed by atoms with Gasteiger partial charge in [-0.15, -0.1) is 0 Å². The summed E-state index contributed by atoms with van der Waals surface area (Å²) in [5, 5.41) is 0. The molecule has 0 heterocycles. The van der Waals surface area contributed by atoms with E-state index in [2.05, 4.69) is 42.5 Å². The summed E-state index contributed by atoms with van der Waals surface area (Å²) in [7, 11) is 3.36. The van der Waals surface area contributed by atoms with E-state index in [4.69, 9.17) is 9.47 Å². The lowest BCUT2D eigenvalue weighted by Gasteiger charge is -2.12. The molecule has 0 aliphatic rings. The van der Waals surface area contributed by atoms with Crippen molar-refractivity contribution in [1.29, 1.82) is 0 Å². The van der Waals surface area contributed by atoms with Gasteiger partial charge in [0.2, 0.25) is 0 Å². The Balaban J connectivity index is 1.93. The molecule has 2 nitrogen and oxygen atoms in total. The molecule has 0 N–H and O–H groups in total. The van der Waals surface area contributed by atoms with Crippen LogP contribution in [0.5, 0.6) is 11.5 Å². The molecule has 0 saturated heterocycles. The molecule has 3 rings (SSSR count). The summed E-state index contributed by atoms with van der Waals surface area (Å²) < 4.78 is 11.2. The van der Waals surface area contributed by atoms with Crippen molar-refractivity contribution in [3.8, 4) is 11.5 Å². The topological polar surface area (TPSA) is 18.5 Å². The van der Waals surface area contributed by atoms with E-state index in [0.717, 1.165) is 33.8 Å². The zero-order valence-electron chi connectivity index (χ0n) is 15.1. The van der Waals surface area contributed by atoms with E-state index in [1.54, 1.807) is 14.2 Å². The van der Waals surface area contributed by atoms with Crippen LogP contribution in [0.3, 0.4) is 0 Å². The van der Waals surface area contributed by atoms with Crippen molar-refractivity contribution >= 4 is 24.3 Å². The van der Waals surface area contributed by atoms with Crippen LogP contribution in [-0.4, -0.2) is 14.2 Å². The van der Waals surface area contributed by atoms with E-state index < -0.39 is 0 Å². The molecule has 2 heteroatoms. The van der Waals surface area contributed by atoms with Gasteiger partial charge in [0.15, 0.2) is 0 Å². The molecule has 0 amide bonds. The van der Waals surface area contributed by atoms with Gasteiger partial charge in [-0.2, -0.15) is 0 Å². The van der Waals surface area contributed by atoms with Crippen molar-refractivity contribution in [1.82, 2.24) is 0 Å². The van der Waals surface area contributed by atoms with Crippen molar-refractivity contribution in [3.05, 3.63) is 95.1 Å². The maximum absolute atomic E-state index is 5.60. The van der Waals surface area contributed by atoms with Crippen LogP contribution in [0, 0.1) is 0 Å². The second-order valence-corrected chi connectivity index (χ2v) is 5.83. The highest BCUT2D eigenvalue weighted by Gasteiger charge is 2.09. The van der Waals surface area contributed by atoms with Crippen molar-refractivity contribution in [3.63, 3.8) is 0 Å². The predicted molar refractivity (Wildman–Crippen MR) is 110 cm³/mol. The van der Waals surface area contributed by atoms with Gasteiger partial charge >= 0.3 is 0 Å². The standard InChI is InChI=1S/C24H22O2/c1-25-23-17-21(14-13-19-9-5-3-6-10-19)18-24(26-2)22(23)16-15-20-11-7-4-8-12-20/h3-18H,1-2H3. The number of ether oxygens (including phenoxy) is 2. The lowest BCUT2D eigenvalue weighted by molar-refractivity contribution is 0.392. The third-order valence-electron chi connectivity index (χ3n) is 4.08. The normalized spacial score (nSPS) is 11.2. The van der Waals surface area contributed by atoms with Crippen molar-refractivity contribution in [2.45, 2.75) is 0 Å². The highest BCUT2D eigenvalue weighted by atomic mass is 16.5. The van der Waals surface area contributed by atoms with E-state index in [0.29, 0.717) is 0 Å². The molecule has 0 saturated carbocycles. The molecule has 26 heavy (non-hydrogen) atoms. The Labute approximate surface area is 155 Å². The smallest absolute Gasteiger partial charge is 0.130 e. The van der Waals surface area contributed by atoms with Crippen LogP contribution in [0.4, 0.5) is 0 Å². The molecule has 3 aromatic carbocycles. The molecule has 0 aliphatic heterocycles. The fourth-order valence-electron chi connectivity index (χ4n) is 2.72. The molecule has 0 radical (unpaired) electrons. The molecule has 3 aromatic rings. The van der Waals surface area contributed by atoms with Crippen molar-refractivity contribution in [2.24, 2.45) is 0 Å². The molecule has 0 aromatic heterocycles. The Morgan fingerprint density at radius 3 is 1.42 bits per heavy atom. The van der Waals surface area contributed by atoms with Crippen LogP contribution in [0.25, 0.3) is 24.3 Å². The third kappa shape index (κ3) is 4.42. The Hall–Kier alpha value is -3.26. The minimum Gasteiger partial charge on any atom is -0.496 e. The van der Waals surface area contributed by atoms with Crippen LogP contribution >= 0.6 is 0 Å². The fraction of sp³-hybridized carbons (Fsp3) is 0.0833. The number of methoxy groups -OCH3 is 2. The highest BCUT2D eigenvalue weighted by molar-refractivity contribution is 5.79. The van der Waals surface area contributed by atoms with E-state index in [-0.39, 0.29) is 0 Å². The summed E-state index contributed by atoms with van der Waals surface area (Å²) in [6, 6.07) is 24.4. The lowest BCUT2D eigenvalue weighted by atomic mass is 10.1. The SMILES string of the molecule is COc1cc(C=Cc2ccccc2)cc(OC)c1C=Cc1ccccc1. The summed E-state index contributed by atoms with van der Waals surface area (Å²) in [6.45, 7) is 0. The van der Waals surface area contributed by atoms with Gasteiger partial charge in [-0.1, -0.05) is 78.9 Å². The fourth-order valence-corrected chi connectivity index (χ4v) is 2.72. The average molecular weight is 342 g/mol. The largest absolute Gasteiger partial charge is 0.496 e. The first-order chi connectivity index (χ1) is 12.8. The number of rotatable bonds is 6. The van der Waals surface area contributed by atoms with Crippen molar-refractivity contribution in [2.75, 3.05) is 14.2 Å². The van der Waals surface area contributed by atoms with Crippen LogP contribution in [0.1, 0.15) is 22.3 Å². The second-order valence-electron chi connectivity index (χ2n) is 5.83. The quantitative estimate of drug-likeness (QED) is 0.508. The second kappa shape index (κ2) is 8.72. The summed E-state index contributed by atoms with van der Waals surface area (Å²) in [5.41, 5.74) is 4.23. The maximum atomic E-state index is 5.60. The third-order valence-corrected chi connectivity index (χ3v) is 4.08. The first kappa shape index (κ1) is 17.6. The average Bonchev–Trinajstić information content (AvgIpc) is 2.72. The van der Waals surface area contributed by atoms with E-state index in [1.807, 2.05) is 54.6 Å². The maximum Gasteiger partial charge on any atom is 0.130 e. The van der Waals surface area contributed by atoms with Gasteiger partial charge in [-0.3, -0.25) is 0 Å². The minimum atomic E-state index is 0.782. The Morgan fingerprint density at radius 1 is 0.538 bits per heavy atom. The molecule has 0 spiro atoms. The van der Waals surface area contributed by atoms with Crippen LogP contribution in [0.2, 0.25) is 0 Å². The van der Waals surface area contributed by atoms with Crippen LogP contribution < -0.4 is 9.47 Å². The molecule has 0 bridgehead atoms. The van der Waals surface area contributed by atoms with Gasteiger partial charge < -0.3 is 9.47 Å². The molecule has 0 fully saturated rings. The van der Waals surface area contributed by atoms with Gasteiger partial charge in [0.25, 0.3) is 0 Å². The molecular formula is C24H22O2. The van der Waals surface area contributed by atoms with Gasteiger partial charge in [-0.25, -0.2) is 0 Å². The van der Waals surface area contributed by atoms with Crippen LogP contribution in [0.15, 0.2) is 72.8 Å². The molecule has 130 valence electrons. The predicted octanol–water partition coefficient (Wildman–Crippen LogP) is 6.04. The monoisotopic (exact) mass is 342 g/mol. The molecule has 0 unspecified atom stereocenters. The van der Waals surface area contributed by atoms with Gasteiger partial charge in [-0.05, 0) is 34.9 Å². The minimum absolute atomic E-state index is 0.782. The van der Waals surface area contributed by atoms with Gasteiger partial charge in [0, 0.05) is 0 Å². The zero-order chi connectivity index (χ0) is 18.2. The molecular weight excluding hydrogens is 320 g/mol. The van der Waals surface area contributed by atoms with E-state index >= 15 is 0 Å². The first-order valence-electron chi connectivity index (χ1n) is 8.52. The molecule has 0 aliphatic carbocycles. The highest BCUT2D eigenvalue weighted by Crippen LogP contribution is 2.33. The first-order valence-corrected chi connectivity index (χ1v) is 8.52. The Morgan fingerprint density at radius 2 is 0.962 bits per heavy atom. The number of benzene rings is 3. The Bertz CT molecular complexity index is 869. The lowest BCUT2D eigenvalue weighted by Crippen LogP contribution is -1.94. The van der Waals surface area contributed by atoms with Crippen LogP contribution in [-0.2, 0) is 0 Å². The summed E-state index contributed by atoms with van der Waals surface area (Å²) in [4.78, 5) is 0.